The van der Waals surface area contributed by atoms with Crippen molar-refractivity contribution in [2.24, 2.45) is 5.92 Å². The molecule has 124 valence electrons. The molecule has 0 aliphatic rings. The van der Waals surface area contributed by atoms with Crippen LogP contribution in [0.3, 0.4) is 0 Å². The summed E-state index contributed by atoms with van der Waals surface area (Å²) in [6.45, 7) is 5.28. The number of nitrogens with one attached hydrogen (secondary N) is 1. The average Bonchev–Trinajstić information content (AvgIpc) is 2.45. The number of esters is 1. The molecular formula is C16H18Cl2N2O3. The maximum absolute atomic E-state index is 12.3. The summed E-state index contributed by atoms with van der Waals surface area (Å²) in [5, 5.41) is 11.9. The van der Waals surface area contributed by atoms with E-state index in [9.17, 15) is 9.59 Å². The van der Waals surface area contributed by atoms with Crippen LogP contribution in [-0.2, 0) is 9.53 Å². The second-order valence-electron chi connectivity index (χ2n) is 5.49. The first-order valence-corrected chi connectivity index (χ1v) is 7.86. The second-order valence-corrected chi connectivity index (χ2v) is 6.33. The molecule has 0 spiro atoms. The molecule has 0 aliphatic carbocycles. The zero-order chi connectivity index (χ0) is 17.6. The molecule has 0 unspecified atom stereocenters. The van der Waals surface area contributed by atoms with Crippen LogP contribution in [-0.4, -0.2) is 24.0 Å². The summed E-state index contributed by atoms with van der Waals surface area (Å²) in [6.07, 6.45) is -0.498. The Morgan fingerprint density at radius 1 is 1.30 bits per heavy atom. The molecule has 0 fully saturated rings. The van der Waals surface area contributed by atoms with Gasteiger partial charge in [0.25, 0.3) is 5.91 Å². The van der Waals surface area contributed by atoms with Crippen LogP contribution >= 0.6 is 23.2 Å². The van der Waals surface area contributed by atoms with Gasteiger partial charge in [0.1, 0.15) is 12.1 Å². The lowest BCUT2D eigenvalue weighted by Crippen LogP contribution is -2.43. The monoisotopic (exact) mass is 356 g/mol. The SMILES string of the molecule is CC(C)C[C@@H](NC(=O)c1ccc(Cl)cc1Cl)C(=O)O[C@@H](C)C#N. The molecule has 7 heteroatoms. The zero-order valence-corrected chi connectivity index (χ0v) is 14.6. The fourth-order valence-electron chi connectivity index (χ4n) is 1.88. The molecule has 0 saturated carbocycles. The van der Waals surface area contributed by atoms with Gasteiger partial charge in [-0.05, 0) is 37.5 Å². The minimum absolute atomic E-state index is 0.144. The predicted molar refractivity (Wildman–Crippen MR) is 88.3 cm³/mol. The smallest absolute Gasteiger partial charge is 0.329 e. The number of carbonyl (C=O) groups excluding carboxylic acids is 2. The molecule has 0 bridgehead atoms. The number of nitriles is 1. The van der Waals surface area contributed by atoms with E-state index in [1.54, 1.807) is 0 Å². The van der Waals surface area contributed by atoms with Gasteiger partial charge in [-0.25, -0.2) is 4.79 Å². The Labute approximate surface area is 145 Å². The summed E-state index contributed by atoms with van der Waals surface area (Å²) in [5.74, 6) is -1.00. The topological polar surface area (TPSA) is 79.2 Å². The van der Waals surface area contributed by atoms with Gasteiger partial charge in [0.15, 0.2) is 6.10 Å². The molecule has 0 aromatic heterocycles. The van der Waals surface area contributed by atoms with Gasteiger partial charge < -0.3 is 10.1 Å². The lowest BCUT2D eigenvalue weighted by molar-refractivity contribution is -0.148. The van der Waals surface area contributed by atoms with Crippen molar-refractivity contribution < 1.29 is 14.3 Å². The standard InChI is InChI=1S/C16H18Cl2N2O3/c1-9(2)6-14(16(22)23-10(3)8-19)20-15(21)12-5-4-11(17)7-13(12)18/h4-5,7,9-10,14H,6H2,1-3H3,(H,20,21)/t10-,14+/m0/s1. The van der Waals surface area contributed by atoms with E-state index in [0.29, 0.717) is 11.4 Å². The maximum Gasteiger partial charge on any atom is 0.329 e. The van der Waals surface area contributed by atoms with Gasteiger partial charge in [-0.1, -0.05) is 37.0 Å². The van der Waals surface area contributed by atoms with Crippen molar-refractivity contribution in [3.8, 4) is 6.07 Å². The molecule has 1 N–H and O–H groups in total. The van der Waals surface area contributed by atoms with E-state index in [2.05, 4.69) is 5.32 Å². The highest BCUT2D eigenvalue weighted by molar-refractivity contribution is 6.36. The van der Waals surface area contributed by atoms with Crippen molar-refractivity contribution in [3.05, 3.63) is 33.8 Å². The third-order valence-electron chi connectivity index (χ3n) is 2.95. The Kier molecular flexibility index (Phi) is 7.34. The largest absolute Gasteiger partial charge is 0.446 e. The second kappa shape index (κ2) is 8.76. The third-order valence-corrected chi connectivity index (χ3v) is 3.50. The summed E-state index contributed by atoms with van der Waals surface area (Å²) in [5.41, 5.74) is 0.214. The van der Waals surface area contributed by atoms with E-state index in [-0.39, 0.29) is 16.5 Å². The van der Waals surface area contributed by atoms with E-state index >= 15 is 0 Å². The maximum atomic E-state index is 12.3. The molecule has 1 rings (SSSR count). The summed E-state index contributed by atoms with van der Waals surface area (Å²) in [4.78, 5) is 24.4. The van der Waals surface area contributed by atoms with Crippen LogP contribution in [0.1, 0.15) is 37.6 Å². The quantitative estimate of drug-likeness (QED) is 0.789. The summed E-state index contributed by atoms with van der Waals surface area (Å²) in [6, 6.07) is 5.43. The van der Waals surface area contributed by atoms with E-state index in [1.807, 2.05) is 19.9 Å². The highest BCUT2D eigenvalue weighted by atomic mass is 35.5. The Bertz CT molecular complexity index is 626. The number of hydrogen-bond donors (Lipinski definition) is 1. The summed E-state index contributed by atoms with van der Waals surface area (Å²) in [7, 11) is 0. The molecule has 0 radical (unpaired) electrons. The third kappa shape index (κ3) is 6.09. The van der Waals surface area contributed by atoms with E-state index in [0.717, 1.165) is 0 Å². The van der Waals surface area contributed by atoms with Crippen molar-refractivity contribution in [1.82, 2.24) is 5.32 Å². The van der Waals surface area contributed by atoms with Crippen LogP contribution in [0.2, 0.25) is 10.0 Å². The van der Waals surface area contributed by atoms with E-state index < -0.39 is 24.0 Å². The Hall–Kier alpha value is -1.77. The van der Waals surface area contributed by atoms with Gasteiger partial charge in [0, 0.05) is 5.02 Å². The van der Waals surface area contributed by atoms with Crippen LogP contribution in [0, 0.1) is 17.2 Å². The first-order valence-electron chi connectivity index (χ1n) is 7.10. The van der Waals surface area contributed by atoms with Crippen molar-refractivity contribution in [1.29, 1.82) is 5.26 Å². The van der Waals surface area contributed by atoms with Gasteiger partial charge >= 0.3 is 5.97 Å². The lowest BCUT2D eigenvalue weighted by atomic mass is 10.0. The fraction of sp³-hybridized carbons (Fsp3) is 0.438. The fourth-order valence-corrected chi connectivity index (χ4v) is 2.37. The number of ether oxygens (including phenoxy) is 1. The normalized spacial score (nSPS) is 13.1. The van der Waals surface area contributed by atoms with Gasteiger partial charge in [0.05, 0.1) is 10.6 Å². The Morgan fingerprint density at radius 3 is 2.48 bits per heavy atom. The first-order chi connectivity index (χ1) is 10.7. The molecule has 0 aliphatic heterocycles. The zero-order valence-electron chi connectivity index (χ0n) is 13.1. The number of amides is 1. The molecule has 0 heterocycles. The summed E-state index contributed by atoms with van der Waals surface area (Å²) < 4.78 is 4.98. The number of benzene rings is 1. The van der Waals surface area contributed by atoms with Crippen molar-refractivity contribution in [2.45, 2.75) is 39.3 Å². The Morgan fingerprint density at radius 2 is 1.96 bits per heavy atom. The van der Waals surface area contributed by atoms with Crippen molar-refractivity contribution in [2.75, 3.05) is 0 Å². The minimum atomic E-state index is -0.881. The minimum Gasteiger partial charge on any atom is -0.446 e. The Balaban J connectivity index is 2.90. The lowest BCUT2D eigenvalue weighted by Gasteiger charge is -2.20. The average molecular weight is 357 g/mol. The van der Waals surface area contributed by atoms with Gasteiger partial charge in [0.2, 0.25) is 0 Å². The van der Waals surface area contributed by atoms with Crippen LogP contribution in [0.5, 0.6) is 0 Å². The van der Waals surface area contributed by atoms with E-state index in [4.69, 9.17) is 33.2 Å². The van der Waals surface area contributed by atoms with Crippen LogP contribution in [0.25, 0.3) is 0 Å². The molecule has 1 aromatic carbocycles. The molecule has 1 aromatic rings. The molecule has 5 nitrogen and oxygen atoms in total. The van der Waals surface area contributed by atoms with Gasteiger partial charge in [-0.2, -0.15) is 5.26 Å². The van der Waals surface area contributed by atoms with E-state index in [1.165, 1.54) is 25.1 Å². The molecule has 23 heavy (non-hydrogen) atoms. The molecule has 1 amide bonds. The highest BCUT2D eigenvalue weighted by Crippen LogP contribution is 2.21. The molecular weight excluding hydrogens is 339 g/mol. The number of halogens is 2. The molecule has 0 saturated heterocycles. The molecule has 2 atom stereocenters. The number of hydrogen-bond acceptors (Lipinski definition) is 4. The first kappa shape index (κ1) is 19.3. The van der Waals surface area contributed by atoms with Crippen molar-refractivity contribution in [3.63, 3.8) is 0 Å². The number of nitrogens with zero attached hydrogens (tertiary/aromatic N) is 1. The highest BCUT2D eigenvalue weighted by Gasteiger charge is 2.26. The number of rotatable bonds is 6. The van der Waals surface area contributed by atoms with Gasteiger partial charge in [-0.3, -0.25) is 4.79 Å². The van der Waals surface area contributed by atoms with Crippen LogP contribution < -0.4 is 5.32 Å². The van der Waals surface area contributed by atoms with Crippen molar-refractivity contribution >= 4 is 35.1 Å². The summed E-state index contributed by atoms with van der Waals surface area (Å²) >= 11 is 11.8. The number of carbonyl (C=O) groups is 2. The van der Waals surface area contributed by atoms with Crippen LogP contribution in [0.15, 0.2) is 18.2 Å². The van der Waals surface area contributed by atoms with Gasteiger partial charge in [-0.15, -0.1) is 0 Å². The predicted octanol–water partition coefficient (Wildman–Crippen LogP) is 3.59. The van der Waals surface area contributed by atoms with Crippen LogP contribution in [0.4, 0.5) is 0 Å².